The number of carbonyl (C=O) groups is 1. The van der Waals surface area contributed by atoms with Crippen LogP contribution < -0.4 is 10.1 Å². The van der Waals surface area contributed by atoms with Gasteiger partial charge in [-0.2, -0.15) is 0 Å². The molecule has 0 unspecified atom stereocenters. The number of nitrogens with one attached hydrogen (secondary N) is 1. The molecular formula is C15H21ClN2O3. The molecule has 1 aliphatic heterocycles. The predicted molar refractivity (Wildman–Crippen MR) is 81.8 cm³/mol. The highest BCUT2D eigenvalue weighted by Crippen LogP contribution is 2.16. The van der Waals surface area contributed by atoms with Gasteiger partial charge in [0.1, 0.15) is 5.75 Å². The van der Waals surface area contributed by atoms with Gasteiger partial charge < -0.3 is 14.8 Å². The van der Waals surface area contributed by atoms with Crippen LogP contribution in [0.5, 0.6) is 5.75 Å². The van der Waals surface area contributed by atoms with Crippen LogP contribution in [0.4, 0.5) is 0 Å². The minimum atomic E-state index is -0.114. The normalized spacial score (nSPS) is 15.7. The lowest BCUT2D eigenvalue weighted by Gasteiger charge is -2.26. The fourth-order valence-electron chi connectivity index (χ4n) is 2.11. The van der Waals surface area contributed by atoms with Gasteiger partial charge in [-0.25, -0.2) is 0 Å². The van der Waals surface area contributed by atoms with Crippen molar-refractivity contribution in [3.63, 3.8) is 0 Å². The summed E-state index contributed by atoms with van der Waals surface area (Å²) in [6, 6.07) is 7.02. The third-order valence-electron chi connectivity index (χ3n) is 3.24. The van der Waals surface area contributed by atoms with Gasteiger partial charge in [-0.3, -0.25) is 9.69 Å². The molecule has 1 saturated heterocycles. The van der Waals surface area contributed by atoms with Crippen LogP contribution in [0.2, 0.25) is 5.02 Å². The molecule has 2 rings (SSSR count). The number of hydrogen-bond donors (Lipinski definition) is 1. The number of hydrogen-bond acceptors (Lipinski definition) is 4. The highest BCUT2D eigenvalue weighted by atomic mass is 35.5. The maximum atomic E-state index is 11.6. The Morgan fingerprint density at radius 2 is 2.19 bits per heavy atom. The third kappa shape index (κ3) is 6.33. The molecule has 5 nitrogen and oxygen atoms in total. The minimum Gasteiger partial charge on any atom is -0.484 e. The molecule has 6 heteroatoms. The van der Waals surface area contributed by atoms with Crippen molar-refractivity contribution in [1.82, 2.24) is 10.2 Å². The van der Waals surface area contributed by atoms with Crippen molar-refractivity contribution in [3.05, 3.63) is 29.3 Å². The first-order valence-corrected chi connectivity index (χ1v) is 7.57. The zero-order valence-electron chi connectivity index (χ0n) is 12.0. The first-order valence-electron chi connectivity index (χ1n) is 7.19. The summed E-state index contributed by atoms with van der Waals surface area (Å²) in [6.45, 7) is 5.23. The zero-order valence-corrected chi connectivity index (χ0v) is 12.8. The van der Waals surface area contributed by atoms with E-state index in [-0.39, 0.29) is 12.5 Å². The molecule has 0 radical (unpaired) electrons. The van der Waals surface area contributed by atoms with E-state index < -0.39 is 0 Å². The van der Waals surface area contributed by atoms with Crippen molar-refractivity contribution in [2.45, 2.75) is 6.42 Å². The van der Waals surface area contributed by atoms with Crippen LogP contribution in [0.15, 0.2) is 24.3 Å². The van der Waals surface area contributed by atoms with E-state index in [9.17, 15) is 4.79 Å². The molecule has 0 bridgehead atoms. The third-order valence-corrected chi connectivity index (χ3v) is 3.48. The van der Waals surface area contributed by atoms with Crippen LogP contribution in [0.3, 0.4) is 0 Å². The van der Waals surface area contributed by atoms with E-state index in [1.54, 1.807) is 24.3 Å². The summed E-state index contributed by atoms with van der Waals surface area (Å²) in [4.78, 5) is 14.0. The number of halogens is 1. The maximum Gasteiger partial charge on any atom is 0.257 e. The Bertz CT molecular complexity index is 450. The highest BCUT2D eigenvalue weighted by molar-refractivity contribution is 6.30. The summed E-state index contributed by atoms with van der Waals surface area (Å²) in [7, 11) is 0. The fraction of sp³-hybridized carbons (Fsp3) is 0.533. The monoisotopic (exact) mass is 312 g/mol. The van der Waals surface area contributed by atoms with Gasteiger partial charge in [0.15, 0.2) is 6.61 Å². The molecule has 0 atom stereocenters. The Morgan fingerprint density at radius 3 is 2.95 bits per heavy atom. The molecular weight excluding hydrogens is 292 g/mol. The summed E-state index contributed by atoms with van der Waals surface area (Å²) in [5.41, 5.74) is 0. The summed E-state index contributed by atoms with van der Waals surface area (Å²) in [6.07, 6.45) is 0.933. The van der Waals surface area contributed by atoms with E-state index in [2.05, 4.69) is 10.2 Å². The standard InChI is InChI=1S/C15H21ClN2O3/c16-13-3-1-4-14(11-13)21-12-15(19)17-5-2-6-18-7-9-20-10-8-18/h1,3-4,11H,2,5-10,12H2,(H,17,19). The van der Waals surface area contributed by atoms with E-state index >= 15 is 0 Å². The second kappa shape index (κ2) is 8.87. The molecule has 0 aromatic heterocycles. The Kier molecular flexibility index (Phi) is 6.79. The van der Waals surface area contributed by atoms with E-state index in [0.29, 0.717) is 17.3 Å². The van der Waals surface area contributed by atoms with E-state index in [0.717, 1.165) is 39.3 Å². The Balaban J connectivity index is 1.55. The molecule has 21 heavy (non-hydrogen) atoms. The summed E-state index contributed by atoms with van der Waals surface area (Å²) in [5, 5.41) is 3.45. The minimum absolute atomic E-state index is 0.0118. The number of morpholine rings is 1. The lowest BCUT2D eigenvalue weighted by molar-refractivity contribution is -0.123. The van der Waals surface area contributed by atoms with Gasteiger partial charge in [0.2, 0.25) is 0 Å². The fourth-order valence-corrected chi connectivity index (χ4v) is 2.29. The molecule has 1 aromatic carbocycles. The van der Waals surface area contributed by atoms with Crippen LogP contribution in [0.25, 0.3) is 0 Å². The van der Waals surface area contributed by atoms with Crippen LogP contribution >= 0.6 is 11.6 Å². The number of amides is 1. The van der Waals surface area contributed by atoms with E-state index in [1.807, 2.05) is 0 Å². The lowest BCUT2D eigenvalue weighted by atomic mass is 10.3. The van der Waals surface area contributed by atoms with Gasteiger partial charge in [-0.15, -0.1) is 0 Å². The van der Waals surface area contributed by atoms with Crippen molar-refractivity contribution in [2.24, 2.45) is 0 Å². The highest BCUT2D eigenvalue weighted by Gasteiger charge is 2.09. The number of benzene rings is 1. The van der Waals surface area contributed by atoms with E-state index in [4.69, 9.17) is 21.1 Å². The topological polar surface area (TPSA) is 50.8 Å². The first-order chi connectivity index (χ1) is 10.2. The number of nitrogens with zero attached hydrogens (tertiary/aromatic N) is 1. The average molecular weight is 313 g/mol. The molecule has 1 heterocycles. The second-order valence-corrected chi connectivity index (χ2v) is 5.34. The van der Waals surface area contributed by atoms with Gasteiger partial charge in [0.25, 0.3) is 5.91 Å². The SMILES string of the molecule is O=C(COc1cccc(Cl)c1)NCCCN1CCOCC1. The van der Waals surface area contributed by atoms with Crippen molar-refractivity contribution < 1.29 is 14.3 Å². The van der Waals surface area contributed by atoms with Crippen LogP contribution in [0.1, 0.15) is 6.42 Å². The van der Waals surface area contributed by atoms with Crippen molar-refractivity contribution in [3.8, 4) is 5.75 Å². The van der Waals surface area contributed by atoms with E-state index in [1.165, 1.54) is 0 Å². The number of carbonyl (C=O) groups excluding carboxylic acids is 1. The average Bonchev–Trinajstić information content (AvgIpc) is 2.51. The van der Waals surface area contributed by atoms with Crippen molar-refractivity contribution >= 4 is 17.5 Å². The number of rotatable bonds is 7. The molecule has 1 N–H and O–H groups in total. The predicted octanol–water partition coefficient (Wildman–Crippen LogP) is 1.56. The molecule has 0 aliphatic carbocycles. The summed E-state index contributed by atoms with van der Waals surface area (Å²) >= 11 is 5.84. The van der Waals surface area contributed by atoms with Crippen LogP contribution in [-0.2, 0) is 9.53 Å². The maximum absolute atomic E-state index is 11.6. The molecule has 0 spiro atoms. The molecule has 1 fully saturated rings. The zero-order chi connectivity index (χ0) is 14.9. The Morgan fingerprint density at radius 1 is 1.38 bits per heavy atom. The quantitative estimate of drug-likeness (QED) is 0.776. The number of ether oxygens (including phenoxy) is 2. The van der Waals surface area contributed by atoms with Crippen molar-refractivity contribution in [1.29, 1.82) is 0 Å². The Labute approximate surface area is 130 Å². The largest absolute Gasteiger partial charge is 0.484 e. The van der Waals surface area contributed by atoms with Gasteiger partial charge in [0, 0.05) is 24.7 Å². The second-order valence-electron chi connectivity index (χ2n) is 4.90. The molecule has 1 amide bonds. The molecule has 1 aromatic rings. The Hall–Kier alpha value is -1.30. The van der Waals surface area contributed by atoms with Crippen LogP contribution in [-0.4, -0.2) is 56.8 Å². The lowest BCUT2D eigenvalue weighted by Crippen LogP contribution is -2.38. The van der Waals surface area contributed by atoms with Gasteiger partial charge in [-0.1, -0.05) is 17.7 Å². The van der Waals surface area contributed by atoms with Crippen molar-refractivity contribution in [2.75, 3.05) is 46.0 Å². The van der Waals surface area contributed by atoms with Gasteiger partial charge >= 0.3 is 0 Å². The first kappa shape index (κ1) is 16.1. The van der Waals surface area contributed by atoms with Gasteiger partial charge in [0.05, 0.1) is 13.2 Å². The molecule has 116 valence electrons. The smallest absolute Gasteiger partial charge is 0.257 e. The van der Waals surface area contributed by atoms with Gasteiger partial charge in [-0.05, 0) is 31.2 Å². The summed E-state index contributed by atoms with van der Waals surface area (Å²) < 4.78 is 10.7. The summed E-state index contributed by atoms with van der Waals surface area (Å²) in [5.74, 6) is 0.489. The van der Waals surface area contributed by atoms with Crippen LogP contribution in [0, 0.1) is 0 Å². The molecule has 1 aliphatic rings. The molecule has 0 saturated carbocycles.